The second-order valence-electron chi connectivity index (χ2n) is 4.05. The van der Waals surface area contributed by atoms with Crippen molar-refractivity contribution in [2.75, 3.05) is 0 Å². The van der Waals surface area contributed by atoms with E-state index in [0.717, 1.165) is 18.4 Å². The van der Waals surface area contributed by atoms with E-state index in [1.807, 2.05) is 6.07 Å². The summed E-state index contributed by atoms with van der Waals surface area (Å²) in [5.41, 5.74) is 1.03. The van der Waals surface area contributed by atoms with Crippen molar-refractivity contribution in [2.24, 2.45) is 0 Å². The Morgan fingerprint density at radius 3 is 2.71 bits per heavy atom. The van der Waals surface area contributed by atoms with E-state index in [0.29, 0.717) is 16.7 Å². The summed E-state index contributed by atoms with van der Waals surface area (Å²) in [5, 5.41) is 9.46. The summed E-state index contributed by atoms with van der Waals surface area (Å²) < 4.78 is 5.41. The molecule has 1 fully saturated rings. The molecule has 0 bridgehead atoms. The summed E-state index contributed by atoms with van der Waals surface area (Å²) in [6.45, 7) is 1.52. The van der Waals surface area contributed by atoms with Gasteiger partial charge in [0, 0.05) is 5.02 Å². The molecule has 1 aromatic carbocycles. The van der Waals surface area contributed by atoms with Crippen LogP contribution in [0, 0.1) is 0 Å². The summed E-state index contributed by atoms with van der Waals surface area (Å²) in [5.74, 6) is 0.160. The minimum absolute atomic E-state index is 0. The third-order valence-electron chi connectivity index (χ3n) is 2.64. The number of hydrogen-bond acceptors (Lipinski definition) is 2. The van der Waals surface area contributed by atoms with E-state index >= 15 is 0 Å². The minimum atomic E-state index is -0.961. The molecule has 0 aliphatic heterocycles. The molecule has 1 aliphatic rings. The molecule has 0 unspecified atom stereocenters. The number of rotatable bonds is 4. The number of hydrogen-bond donors (Lipinski definition) is 1. The molecular weight excluding hydrogens is 251 g/mol. The van der Waals surface area contributed by atoms with E-state index in [1.54, 1.807) is 12.1 Å². The predicted octanol–water partition coefficient (Wildman–Crippen LogP) is 2.42. The number of aliphatic carboxylic acids is 1. The molecule has 1 aromatic rings. The van der Waals surface area contributed by atoms with Gasteiger partial charge in [0.1, 0.15) is 5.75 Å². The normalized spacial score (nSPS) is 15.9. The van der Waals surface area contributed by atoms with Gasteiger partial charge in [0.2, 0.25) is 0 Å². The number of benzene rings is 1. The predicted molar refractivity (Wildman–Crippen MR) is 68.3 cm³/mol. The van der Waals surface area contributed by atoms with Gasteiger partial charge in [-0.15, -0.1) is 0 Å². The van der Waals surface area contributed by atoms with Crippen molar-refractivity contribution in [3.05, 3.63) is 28.8 Å². The molecule has 0 saturated heterocycles. The van der Waals surface area contributed by atoms with Crippen molar-refractivity contribution in [3.63, 3.8) is 0 Å². The first-order valence-corrected chi connectivity index (χ1v) is 5.64. The molecule has 3 nitrogen and oxygen atoms in total. The van der Waals surface area contributed by atoms with Crippen LogP contribution < -0.4 is 4.74 Å². The molecule has 1 aliphatic carbocycles. The fourth-order valence-electron chi connectivity index (χ4n) is 1.58. The van der Waals surface area contributed by atoms with Gasteiger partial charge in [0.15, 0.2) is 6.10 Å². The molecule has 0 heterocycles. The second-order valence-corrected chi connectivity index (χ2v) is 4.49. The maximum atomic E-state index is 10.7. The first-order chi connectivity index (χ1) is 7.58. The van der Waals surface area contributed by atoms with E-state index in [2.05, 4.69) is 0 Å². The third-order valence-corrected chi connectivity index (χ3v) is 2.88. The van der Waals surface area contributed by atoms with Crippen LogP contribution in [0.1, 0.15) is 31.2 Å². The Morgan fingerprint density at radius 2 is 2.18 bits per heavy atom. The van der Waals surface area contributed by atoms with Crippen molar-refractivity contribution in [1.29, 1.82) is 0 Å². The number of ether oxygens (including phenoxy) is 1. The Balaban J connectivity index is 0.00000144. The molecule has 0 radical (unpaired) electrons. The van der Waals surface area contributed by atoms with Crippen LogP contribution in [-0.2, 0) is 4.79 Å². The molecule has 1 N–H and O–H groups in total. The van der Waals surface area contributed by atoms with Crippen molar-refractivity contribution in [3.8, 4) is 5.75 Å². The van der Waals surface area contributed by atoms with Crippen LogP contribution in [0.5, 0.6) is 5.75 Å². The van der Waals surface area contributed by atoms with Gasteiger partial charge in [0.05, 0.1) is 0 Å². The summed E-state index contributed by atoms with van der Waals surface area (Å²) in [4.78, 5) is 10.7. The van der Waals surface area contributed by atoms with Crippen molar-refractivity contribution < 1.29 is 14.6 Å². The number of carboxylic acid groups (broad SMARTS) is 1. The Labute approximate surface area is 127 Å². The molecule has 17 heavy (non-hydrogen) atoms. The molecule has 0 spiro atoms. The summed E-state index contributed by atoms with van der Waals surface area (Å²) in [6, 6.07) is 5.33. The topological polar surface area (TPSA) is 46.5 Å². The molecular formula is C12H14ClNaO3. The van der Waals surface area contributed by atoms with Gasteiger partial charge in [-0.2, -0.15) is 0 Å². The average molecular weight is 265 g/mol. The zero-order valence-electron chi connectivity index (χ0n) is 8.94. The second kappa shape index (κ2) is 6.10. The molecule has 5 heteroatoms. The van der Waals surface area contributed by atoms with E-state index in [1.165, 1.54) is 6.92 Å². The van der Waals surface area contributed by atoms with Gasteiger partial charge < -0.3 is 9.84 Å². The number of halogens is 1. The third kappa shape index (κ3) is 3.88. The van der Waals surface area contributed by atoms with Crippen LogP contribution >= 0.6 is 11.6 Å². The number of carboxylic acids is 1. The Bertz CT molecular complexity index is 418. The van der Waals surface area contributed by atoms with E-state index < -0.39 is 12.1 Å². The maximum absolute atomic E-state index is 10.7. The fourth-order valence-corrected chi connectivity index (χ4v) is 1.76. The van der Waals surface area contributed by atoms with Crippen molar-refractivity contribution in [1.82, 2.24) is 0 Å². The quantitative estimate of drug-likeness (QED) is 0.850. The van der Waals surface area contributed by atoms with Crippen LogP contribution in [0.2, 0.25) is 5.02 Å². The van der Waals surface area contributed by atoms with Gasteiger partial charge in [0.25, 0.3) is 0 Å². The van der Waals surface area contributed by atoms with Gasteiger partial charge in [-0.3, -0.25) is 0 Å². The van der Waals surface area contributed by atoms with Crippen LogP contribution in [0.15, 0.2) is 18.2 Å². The van der Waals surface area contributed by atoms with E-state index in [9.17, 15) is 4.79 Å². The first kappa shape index (κ1) is 14.8. The van der Waals surface area contributed by atoms with Crippen LogP contribution in [0.3, 0.4) is 0 Å². The SMILES string of the molecule is C[C@H](Oc1ccc(Cl)cc1C1CC1)C(=O)O.[NaH]. The van der Waals surface area contributed by atoms with Crippen LogP contribution in [0.25, 0.3) is 0 Å². The van der Waals surface area contributed by atoms with Gasteiger partial charge in [-0.05, 0) is 49.4 Å². The average Bonchev–Trinajstić information content (AvgIpc) is 3.04. The van der Waals surface area contributed by atoms with Gasteiger partial charge in [-0.25, -0.2) is 4.79 Å². The van der Waals surface area contributed by atoms with Crippen LogP contribution in [-0.4, -0.2) is 46.7 Å². The molecule has 2 rings (SSSR count). The summed E-state index contributed by atoms with van der Waals surface area (Å²) in [6.07, 6.45) is 1.41. The zero-order chi connectivity index (χ0) is 11.7. The van der Waals surface area contributed by atoms with Crippen LogP contribution in [0.4, 0.5) is 0 Å². The van der Waals surface area contributed by atoms with Crippen molar-refractivity contribution >= 4 is 47.1 Å². The first-order valence-electron chi connectivity index (χ1n) is 5.27. The fraction of sp³-hybridized carbons (Fsp3) is 0.417. The Hall–Kier alpha value is -0.220. The molecule has 1 atom stereocenters. The summed E-state index contributed by atoms with van der Waals surface area (Å²) >= 11 is 5.92. The number of carbonyl (C=O) groups is 1. The standard InChI is InChI=1S/C12H13ClO3.Na.H/c1-7(12(14)15)16-11-5-4-9(13)6-10(11)8-2-3-8;;/h4-8H,2-3H2,1H3,(H,14,15);;/t7-;;/m0../s1. The summed E-state index contributed by atoms with van der Waals surface area (Å²) in [7, 11) is 0. The van der Waals surface area contributed by atoms with Gasteiger partial charge in [-0.1, -0.05) is 11.6 Å². The van der Waals surface area contributed by atoms with Gasteiger partial charge >= 0.3 is 35.5 Å². The Morgan fingerprint density at radius 1 is 1.53 bits per heavy atom. The Kier molecular flexibility index (Phi) is 5.32. The molecule has 0 amide bonds. The van der Waals surface area contributed by atoms with E-state index in [4.69, 9.17) is 21.4 Å². The molecule has 88 valence electrons. The monoisotopic (exact) mass is 264 g/mol. The molecule has 0 aromatic heterocycles. The molecule has 1 saturated carbocycles. The van der Waals surface area contributed by atoms with E-state index in [-0.39, 0.29) is 29.6 Å². The van der Waals surface area contributed by atoms with Crippen molar-refractivity contribution in [2.45, 2.75) is 31.8 Å². The zero-order valence-corrected chi connectivity index (χ0v) is 9.70.